The average molecular weight is 487 g/mol. The number of aliphatic hydroxyl groups is 1. The molecule has 1 unspecified atom stereocenters. The smallest absolute Gasteiger partial charge is 0.184 e. The molecule has 7 heteroatoms. The van der Waals surface area contributed by atoms with Gasteiger partial charge in [-0.2, -0.15) is 0 Å². The quantitative estimate of drug-likeness (QED) is 0.321. The lowest BCUT2D eigenvalue weighted by Gasteiger charge is -2.38. The molecule has 0 aliphatic heterocycles. The van der Waals surface area contributed by atoms with E-state index < -0.39 is 52.4 Å². The molecule has 0 amide bonds. The van der Waals surface area contributed by atoms with E-state index in [0.29, 0.717) is 5.56 Å². The van der Waals surface area contributed by atoms with Crippen LogP contribution in [0.25, 0.3) is 0 Å². The van der Waals surface area contributed by atoms with E-state index in [1.807, 2.05) is 13.8 Å². The summed E-state index contributed by atoms with van der Waals surface area (Å²) in [5.41, 5.74) is -1.30. The van der Waals surface area contributed by atoms with E-state index in [0.717, 1.165) is 22.2 Å². The van der Waals surface area contributed by atoms with Gasteiger partial charge >= 0.3 is 0 Å². The standard InChI is InChI=1S/C24H23BrO6/c1-13(2)3-10-19(29)24(20(30)11-14-4-6-15(25)7-5-14)12-18(28)21-16(26)8-9-17(27)22(21)23(24)31/h3-9,19,26-27,29H,10-12H2,1-2H3/t19-,24?/m1/s1. The number of carbonyl (C=O) groups excluding carboxylic acids is 3. The van der Waals surface area contributed by atoms with Crippen LogP contribution in [0.4, 0.5) is 0 Å². The van der Waals surface area contributed by atoms with Gasteiger partial charge in [-0.15, -0.1) is 0 Å². The van der Waals surface area contributed by atoms with Gasteiger partial charge < -0.3 is 15.3 Å². The number of phenolic OH excluding ortho intramolecular Hbond substituents is 2. The Hall–Kier alpha value is -2.77. The zero-order chi connectivity index (χ0) is 22.9. The fourth-order valence-corrected chi connectivity index (χ4v) is 4.18. The molecule has 1 aliphatic carbocycles. The minimum atomic E-state index is -2.06. The Morgan fingerprint density at radius 1 is 1.06 bits per heavy atom. The summed E-state index contributed by atoms with van der Waals surface area (Å²) in [6, 6.07) is 9.14. The molecule has 2 aromatic rings. The molecule has 0 heterocycles. The first-order valence-corrected chi connectivity index (χ1v) is 10.6. The number of rotatable bonds is 6. The highest BCUT2D eigenvalue weighted by atomic mass is 79.9. The molecule has 0 aromatic heterocycles. The zero-order valence-electron chi connectivity index (χ0n) is 17.2. The predicted octanol–water partition coefficient (Wildman–Crippen LogP) is 4.14. The van der Waals surface area contributed by atoms with Crippen LogP contribution in [0.2, 0.25) is 0 Å². The van der Waals surface area contributed by atoms with Gasteiger partial charge in [0.1, 0.15) is 16.9 Å². The number of hydrogen-bond donors (Lipinski definition) is 3. The number of benzene rings is 2. The number of fused-ring (bicyclic) bond motifs is 1. The van der Waals surface area contributed by atoms with E-state index in [2.05, 4.69) is 15.9 Å². The summed E-state index contributed by atoms with van der Waals surface area (Å²) < 4.78 is 0.820. The van der Waals surface area contributed by atoms with E-state index in [9.17, 15) is 29.7 Å². The number of ketones is 3. The van der Waals surface area contributed by atoms with Crippen LogP contribution < -0.4 is 0 Å². The van der Waals surface area contributed by atoms with Crippen molar-refractivity contribution < 1.29 is 29.7 Å². The number of aromatic hydroxyl groups is 2. The summed E-state index contributed by atoms with van der Waals surface area (Å²) in [5.74, 6) is -3.10. The first kappa shape index (κ1) is 22.9. The van der Waals surface area contributed by atoms with Crippen LogP contribution in [0.15, 0.2) is 52.5 Å². The molecule has 0 bridgehead atoms. The first-order chi connectivity index (χ1) is 14.6. The molecule has 1 aliphatic rings. The number of halogens is 1. The lowest BCUT2D eigenvalue weighted by Crippen LogP contribution is -2.53. The van der Waals surface area contributed by atoms with E-state index in [-0.39, 0.29) is 18.4 Å². The van der Waals surface area contributed by atoms with Crippen LogP contribution in [-0.4, -0.2) is 38.8 Å². The minimum Gasteiger partial charge on any atom is -0.507 e. The van der Waals surface area contributed by atoms with Gasteiger partial charge in [0.25, 0.3) is 0 Å². The first-order valence-electron chi connectivity index (χ1n) is 9.80. The third kappa shape index (κ3) is 4.20. The van der Waals surface area contributed by atoms with Crippen molar-refractivity contribution in [3.05, 3.63) is 69.2 Å². The lowest BCUT2D eigenvalue weighted by molar-refractivity contribution is -0.131. The predicted molar refractivity (Wildman–Crippen MR) is 118 cm³/mol. The topological polar surface area (TPSA) is 112 Å². The molecule has 6 nitrogen and oxygen atoms in total. The van der Waals surface area contributed by atoms with Crippen molar-refractivity contribution in [2.45, 2.75) is 39.2 Å². The second-order valence-electron chi connectivity index (χ2n) is 8.01. The number of aliphatic hydroxyl groups excluding tert-OH is 1. The molecule has 31 heavy (non-hydrogen) atoms. The Labute approximate surface area is 188 Å². The second-order valence-corrected chi connectivity index (χ2v) is 8.93. The Morgan fingerprint density at radius 2 is 1.65 bits per heavy atom. The molecule has 0 saturated carbocycles. The molecule has 162 valence electrons. The lowest BCUT2D eigenvalue weighted by atomic mass is 9.62. The van der Waals surface area contributed by atoms with Crippen LogP contribution in [0.3, 0.4) is 0 Å². The summed E-state index contributed by atoms with van der Waals surface area (Å²) in [6.45, 7) is 3.63. The van der Waals surface area contributed by atoms with Gasteiger partial charge in [-0.05, 0) is 50.1 Å². The zero-order valence-corrected chi connectivity index (χ0v) is 18.8. The maximum atomic E-state index is 13.6. The Kier molecular flexibility index (Phi) is 6.48. The monoisotopic (exact) mass is 486 g/mol. The van der Waals surface area contributed by atoms with Crippen LogP contribution in [0.5, 0.6) is 11.5 Å². The highest BCUT2D eigenvalue weighted by Crippen LogP contribution is 2.46. The van der Waals surface area contributed by atoms with Crippen molar-refractivity contribution in [2.24, 2.45) is 5.41 Å². The SMILES string of the molecule is CC(C)=CC[C@@H](O)C1(C(=O)Cc2ccc(Br)cc2)CC(=O)c2c(O)ccc(O)c2C1=O. The van der Waals surface area contributed by atoms with Gasteiger partial charge in [0.2, 0.25) is 0 Å². The second kappa shape index (κ2) is 8.77. The van der Waals surface area contributed by atoms with Gasteiger partial charge in [0.15, 0.2) is 17.3 Å². The molecule has 2 aromatic carbocycles. The summed E-state index contributed by atoms with van der Waals surface area (Å²) in [7, 11) is 0. The summed E-state index contributed by atoms with van der Waals surface area (Å²) in [6.07, 6.45) is -0.551. The number of hydrogen-bond acceptors (Lipinski definition) is 6. The van der Waals surface area contributed by atoms with E-state index in [1.54, 1.807) is 30.3 Å². The Balaban J connectivity index is 2.14. The third-order valence-electron chi connectivity index (χ3n) is 5.61. The van der Waals surface area contributed by atoms with Crippen molar-refractivity contribution in [1.29, 1.82) is 0 Å². The van der Waals surface area contributed by atoms with Crippen LogP contribution in [0.1, 0.15) is 53.0 Å². The van der Waals surface area contributed by atoms with E-state index >= 15 is 0 Å². The van der Waals surface area contributed by atoms with Crippen molar-refractivity contribution >= 4 is 33.3 Å². The number of Topliss-reactive ketones (excluding diaryl/α,β-unsaturated/α-hetero) is 3. The Bertz CT molecular complexity index is 1080. The fraction of sp³-hybridized carbons (Fsp3) is 0.292. The van der Waals surface area contributed by atoms with Gasteiger partial charge in [-0.25, -0.2) is 0 Å². The number of carbonyl (C=O) groups is 3. The summed E-state index contributed by atoms with van der Waals surface area (Å²) in [5, 5.41) is 31.5. The normalized spacial score (nSPS) is 19.0. The fourth-order valence-electron chi connectivity index (χ4n) is 3.91. The van der Waals surface area contributed by atoms with Crippen LogP contribution in [-0.2, 0) is 11.2 Å². The molecule has 0 radical (unpaired) electrons. The highest BCUT2D eigenvalue weighted by molar-refractivity contribution is 9.10. The van der Waals surface area contributed by atoms with Crippen molar-refractivity contribution in [3.63, 3.8) is 0 Å². The number of phenols is 2. The molecular weight excluding hydrogens is 464 g/mol. The van der Waals surface area contributed by atoms with Crippen LogP contribution >= 0.6 is 15.9 Å². The van der Waals surface area contributed by atoms with E-state index in [4.69, 9.17) is 0 Å². The van der Waals surface area contributed by atoms with Gasteiger partial charge in [-0.3, -0.25) is 14.4 Å². The van der Waals surface area contributed by atoms with Crippen molar-refractivity contribution in [1.82, 2.24) is 0 Å². The maximum absolute atomic E-state index is 13.6. The molecule has 0 spiro atoms. The molecule has 3 N–H and O–H groups in total. The minimum absolute atomic E-state index is 0.0116. The van der Waals surface area contributed by atoms with Gasteiger partial charge in [0.05, 0.1) is 17.2 Å². The molecule has 0 fully saturated rings. The molecule has 2 atom stereocenters. The highest BCUT2D eigenvalue weighted by Gasteiger charge is 2.56. The molecular formula is C24H23BrO6. The molecule has 0 saturated heterocycles. The van der Waals surface area contributed by atoms with Gasteiger partial charge in [0, 0.05) is 17.3 Å². The van der Waals surface area contributed by atoms with Crippen molar-refractivity contribution in [2.75, 3.05) is 0 Å². The van der Waals surface area contributed by atoms with Crippen LogP contribution in [0, 0.1) is 5.41 Å². The largest absolute Gasteiger partial charge is 0.507 e. The van der Waals surface area contributed by atoms with Crippen molar-refractivity contribution in [3.8, 4) is 11.5 Å². The average Bonchev–Trinajstić information content (AvgIpc) is 2.72. The maximum Gasteiger partial charge on any atom is 0.184 e. The third-order valence-corrected chi connectivity index (χ3v) is 6.13. The summed E-state index contributed by atoms with van der Waals surface area (Å²) >= 11 is 3.32. The van der Waals surface area contributed by atoms with Gasteiger partial charge in [-0.1, -0.05) is 39.7 Å². The summed E-state index contributed by atoms with van der Waals surface area (Å²) in [4.78, 5) is 40.1. The molecule has 3 rings (SSSR count). The van der Waals surface area contributed by atoms with E-state index in [1.165, 1.54) is 0 Å². The Morgan fingerprint density at radius 3 is 2.23 bits per heavy atom. The number of allylic oxidation sites excluding steroid dienone is 1.